The zero-order valence-electron chi connectivity index (χ0n) is 14.8. The lowest BCUT2D eigenvalue weighted by atomic mass is 10.2. The lowest BCUT2D eigenvalue weighted by Gasteiger charge is -2.26. The van der Waals surface area contributed by atoms with E-state index in [2.05, 4.69) is 5.32 Å². The van der Waals surface area contributed by atoms with Gasteiger partial charge >= 0.3 is 6.18 Å². The molecule has 156 valence electrons. The number of morpholine rings is 1. The number of nitrogens with one attached hydrogen (secondary N) is 1. The smallest absolute Gasteiger partial charge is 0.379 e. The number of anilines is 2. The largest absolute Gasteiger partial charge is 0.416 e. The van der Waals surface area contributed by atoms with Crippen LogP contribution in [0.2, 0.25) is 0 Å². The van der Waals surface area contributed by atoms with E-state index in [4.69, 9.17) is 4.74 Å². The number of nitro groups is 1. The van der Waals surface area contributed by atoms with Gasteiger partial charge in [-0.2, -0.15) is 17.5 Å². The van der Waals surface area contributed by atoms with Gasteiger partial charge in [0.1, 0.15) is 5.69 Å². The Hall–Kier alpha value is -2.70. The second-order valence-corrected chi connectivity index (χ2v) is 8.09. The minimum atomic E-state index is -4.57. The molecule has 1 heterocycles. The summed E-state index contributed by atoms with van der Waals surface area (Å²) in [6.45, 7) is 0.688. The minimum Gasteiger partial charge on any atom is -0.379 e. The van der Waals surface area contributed by atoms with Crippen LogP contribution in [-0.4, -0.2) is 43.9 Å². The third kappa shape index (κ3) is 4.66. The van der Waals surface area contributed by atoms with Gasteiger partial charge in [-0.05, 0) is 30.3 Å². The molecule has 8 nitrogen and oxygen atoms in total. The Balaban J connectivity index is 1.94. The van der Waals surface area contributed by atoms with Crippen molar-refractivity contribution in [1.82, 2.24) is 4.31 Å². The number of hydrogen-bond donors (Lipinski definition) is 1. The molecule has 1 fully saturated rings. The standard InChI is InChI=1S/C17H16F3N3O5S/c18-17(19,20)12-2-1-3-13(10-12)21-15-5-4-14(11-16(15)23(24)25)29(26,27)22-6-8-28-9-7-22/h1-5,10-11,21H,6-9H2. The van der Waals surface area contributed by atoms with Crippen molar-refractivity contribution in [3.63, 3.8) is 0 Å². The van der Waals surface area contributed by atoms with Gasteiger partial charge in [0.25, 0.3) is 5.69 Å². The summed E-state index contributed by atoms with van der Waals surface area (Å²) in [7, 11) is -3.96. The third-order valence-electron chi connectivity index (χ3n) is 4.24. The molecular weight excluding hydrogens is 415 g/mol. The van der Waals surface area contributed by atoms with Gasteiger partial charge in [0, 0.05) is 24.8 Å². The zero-order valence-corrected chi connectivity index (χ0v) is 15.7. The van der Waals surface area contributed by atoms with Gasteiger partial charge in [-0.25, -0.2) is 8.42 Å². The summed E-state index contributed by atoms with van der Waals surface area (Å²) in [6, 6.07) is 7.38. The van der Waals surface area contributed by atoms with Crippen LogP contribution in [0, 0.1) is 10.1 Å². The van der Waals surface area contributed by atoms with Gasteiger partial charge in [-0.15, -0.1) is 0 Å². The molecule has 29 heavy (non-hydrogen) atoms. The van der Waals surface area contributed by atoms with E-state index in [1.165, 1.54) is 12.1 Å². The maximum Gasteiger partial charge on any atom is 0.416 e. The van der Waals surface area contributed by atoms with Crippen molar-refractivity contribution in [3.8, 4) is 0 Å². The predicted molar refractivity (Wildman–Crippen MR) is 97.4 cm³/mol. The van der Waals surface area contributed by atoms with E-state index < -0.39 is 32.4 Å². The molecule has 0 unspecified atom stereocenters. The molecule has 0 bridgehead atoms. The molecule has 1 N–H and O–H groups in total. The SMILES string of the molecule is O=[N+]([O-])c1cc(S(=O)(=O)N2CCOCC2)ccc1Nc1cccc(C(F)(F)F)c1. The fraction of sp³-hybridized carbons (Fsp3) is 0.294. The molecular formula is C17H16F3N3O5S. The molecule has 1 aliphatic heterocycles. The first-order valence-corrected chi connectivity index (χ1v) is 9.84. The van der Waals surface area contributed by atoms with Crippen LogP contribution < -0.4 is 5.32 Å². The fourth-order valence-electron chi connectivity index (χ4n) is 2.79. The molecule has 0 radical (unpaired) electrons. The monoisotopic (exact) mass is 431 g/mol. The molecule has 1 aliphatic rings. The Morgan fingerprint density at radius 3 is 2.41 bits per heavy atom. The van der Waals surface area contributed by atoms with Crippen molar-refractivity contribution in [1.29, 1.82) is 0 Å². The van der Waals surface area contributed by atoms with Gasteiger partial charge in [-0.3, -0.25) is 10.1 Å². The first-order valence-electron chi connectivity index (χ1n) is 8.39. The second-order valence-electron chi connectivity index (χ2n) is 6.16. The molecule has 2 aromatic rings. The molecule has 2 aromatic carbocycles. The Morgan fingerprint density at radius 2 is 1.79 bits per heavy atom. The number of benzene rings is 2. The van der Waals surface area contributed by atoms with E-state index in [0.29, 0.717) is 0 Å². The van der Waals surface area contributed by atoms with Crippen LogP contribution in [0.1, 0.15) is 5.56 Å². The normalized spacial score (nSPS) is 15.8. The van der Waals surface area contributed by atoms with Crippen LogP contribution in [0.4, 0.5) is 30.2 Å². The van der Waals surface area contributed by atoms with Crippen LogP contribution in [0.15, 0.2) is 47.4 Å². The fourth-order valence-corrected chi connectivity index (χ4v) is 4.22. The van der Waals surface area contributed by atoms with Crippen molar-refractivity contribution in [2.24, 2.45) is 0 Å². The van der Waals surface area contributed by atoms with E-state index in [0.717, 1.165) is 34.6 Å². The average molecular weight is 431 g/mol. The van der Waals surface area contributed by atoms with Crippen molar-refractivity contribution < 1.29 is 31.2 Å². The maximum atomic E-state index is 12.9. The van der Waals surface area contributed by atoms with E-state index in [-0.39, 0.29) is 42.6 Å². The van der Waals surface area contributed by atoms with Gasteiger partial charge in [0.2, 0.25) is 10.0 Å². The summed E-state index contributed by atoms with van der Waals surface area (Å²) in [5.41, 5.74) is -1.64. The molecule has 0 aromatic heterocycles. The second kappa shape index (κ2) is 7.97. The predicted octanol–water partition coefficient (Wildman–Crippen LogP) is 3.38. The van der Waals surface area contributed by atoms with Gasteiger partial charge in [0.15, 0.2) is 0 Å². The van der Waals surface area contributed by atoms with Crippen LogP contribution in [-0.2, 0) is 20.9 Å². The van der Waals surface area contributed by atoms with Crippen LogP contribution in [0.5, 0.6) is 0 Å². The van der Waals surface area contributed by atoms with E-state index in [9.17, 15) is 31.7 Å². The Morgan fingerprint density at radius 1 is 1.10 bits per heavy atom. The molecule has 3 rings (SSSR count). The number of ether oxygens (including phenoxy) is 1. The van der Waals surface area contributed by atoms with E-state index in [1.807, 2.05) is 0 Å². The van der Waals surface area contributed by atoms with Crippen molar-refractivity contribution in [2.45, 2.75) is 11.1 Å². The molecule has 0 spiro atoms. The van der Waals surface area contributed by atoms with Gasteiger partial charge < -0.3 is 10.1 Å². The van der Waals surface area contributed by atoms with E-state index in [1.54, 1.807) is 0 Å². The first kappa shape index (κ1) is 21.0. The van der Waals surface area contributed by atoms with Crippen molar-refractivity contribution in [2.75, 3.05) is 31.6 Å². The number of rotatable bonds is 5. The van der Waals surface area contributed by atoms with Crippen LogP contribution in [0.3, 0.4) is 0 Å². The Kier molecular flexibility index (Phi) is 5.78. The highest BCUT2D eigenvalue weighted by Crippen LogP contribution is 2.34. The summed E-state index contributed by atoms with van der Waals surface area (Å²) < 4.78 is 70.2. The number of halogens is 3. The highest BCUT2D eigenvalue weighted by molar-refractivity contribution is 7.89. The third-order valence-corrected chi connectivity index (χ3v) is 6.14. The Bertz CT molecular complexity index is 1020. The minimum absolute atomic E-state index is 0.0216. The quantitative estimate of drug-likeness (QED) is 0.575. The topological polar surface area (TPSA) is 102 Å². The number of sulfonamides is 1. The molecule has 12 heteroatoms. The summed E-state index contributed by atoms with van der Waals surface area (Å²) in [5, 5.41) is 14.0. The summed E-state index contributed by atoms with van der Waals surface area (Å²) in [4.78, 5) is 10.4. The molecule has 0 amide bonds. The molecule has 0 saturated carbocycles. The van der Waals surface area contributed by atoms with Gasteiger partial charge in [-0.1, -0.05) is 6.07 Å². The summed E-state index contributed by atoms with van der Waals surface area (Å²) in [5.74, 6) is 0. The lowest BCUT2D eigenvalue weighted by Crippen LogP contribution is -2.40. The number of nitro benzene ring substituents is 1. The lowest BCUT2D eigenvalue weighted by molar-refractivity contribution is -0.384. The number of nitrogens with zero attached hydrogens (tertiary/aromatic N) is 2. The molecule has 0 atom stereocenters. The Labute approximate surface area is 164 Å². The molecule has 0 aliphatic carbocycles. The zero-order chi connectivity index (χ0) is 21.2. The highest BCUT2D eigenvalue weighted by Gasteiger charge is 2.31. The number of alkyl halides is 3. The summed E-state index contributed by atoms with van der Waals surface area (Å²) >= 11 is 0. The van der Waals surface area contributed by atoms with Gasteiger partial charge in [0.05, 0.1) is 28.6 Å². The maximum absolute atomic E-state index is 12.9. The average Bonchev–Trinajstić information content (AvgIpc) is 2.68. The van der Waals surface area contributed by atoms with Crippen molar-refractivity contribution in [3.05, 3.63) is 58.1 Å². The van der Waals surface area contributed by atoms with Crippen LogP contribution >= 0.6 is 0 Å². The van der Waals surface area contributed by atoms with Crippen LogP contribution in [0.25, 0.3) is 0 Å². The molecule has 1 saturated heterocycles. The van der Waals surface area contributed by atoms with E-state index >= 15 is 0 Å². The summed E-state index contributed by atoms with van der Waals surface area (Å²) in [6.07, 6.45) is -4.57. The number of hydrogen-bond acceptors (Lipinski definition) is 6. The van der Waals surface area contributed by atoms with Crippen molar-refractivity contribution >= 4 is 27.1 Å². The highest BCUT2D eigenvalue weighted by atomic mass is 32.2. The first-order chi connectivity index (χ1) is 13.6.